The average Bonchev–Trinajstić information content (AvgIpc) is 1.95. The van der Waals surface area contributed by atoms with Crippen LogP contribution in [0.3, 0.4) is 0 Å². The molecule has 0 radical (unpaired) electrons. The molecule has 0 aromatic carbocycles. The smallest absolute Gasteiger partial charge is 0.303 e. The van der Waals surface area contributed by atoms with Crippen molar-refractivity contribution in [3.05, 3.63) is 0 Å². The van der Waals surface area contributed by atoms with Gasteiger partial charge in [0.25, 0.3) is 0 Å². The second-order valence-electron chi connectivity index (χ2n) is 4.63. The second kappa shape index (κ2) is 5.97. The quantitative estimate of drug-likeness (QED) is 0.560. The number of carboxylic acid groups (broad SMARTS) is 1. The first-order valence-electron chi connectivity index (χ1n) is 5.01. The molecule has 0 atom stereocenters. The van der Waals surface area contributed by atoms with E-state index in [1.807, 2.05) is 0 Å². The summed E-state index contributed by atoms with van der Waals surface area (Å²) in [5.74, 6) is -1.70. The average molecular weight is 266 g/mol. The van der Waals surface area contributed by atoms with Gasteiger partial charge in [-0.15, -0.1) is 0 Å². The van der Waals surface area contributed by atoms with Crippen LogP contribution < -0.4 is 10.5 Å². The van der Waals surface area contributed by atoms with Gasteiger partial charge in [-0.25, -0.2) is 13.6 Å². The molecule has 1 amide bonds. The summed E-state index contributed by atoms with van der Waals surface area (Å²) in [5.41, 5.74) is -0.669. The van der Waals surface area contributed by atoms with Crippen LogP contribution in [-0.2, 0) is 19.6 Å². The van der Waals surface area contributed by atoms with Gasteiger partial charge < -0.3 is 10.4 Å². The molecule has 0 aliphatic heterocycles. The number of carbonyl (C=O) groups is 2. The summed E-state index contributed by atoms with van der Waals surface area (Å²) in [6, 6.07) is 0. The van der Waals surface area contributed by atoms with Crippen molar-refractivity contribution in [3.63, 3.8) is 0 Å². The Bertz CT molecular complexity index is 388. The van der Waals surface area contributed by atoms with Gasteiger partial charge in [-0.3, -0.25) is 9.59 Å². The minimum atomic E-state index is -3.59. The molecular weight excluding hydrogens is 248 g/mol. The third-order valence-corrected chi connectivity index (χ3v) is 2.75. The van der Waals surface area contributed by atoms with E-state index in [0.717, 1.165) is 0 Å². The summed E-state index contributed by atoms with van der Waals surface area (Å²) in [7, 11) is -3.59. The van der Waals surface area contributed by atoms with E-state index in [1.54, 1.807) is 13.8 Å². The van der Waals surface area contributed by atoms with Crippen molar-refractivity contribution in [1.82, 2.24) is 5.32 Å². The van der Waals surface area contributed by atoms with E-state index in [-0.39, 0.29) is 31.0 Å². The first-order valence-corrected chi connectivity index (χ1v) is 6.72. The van der Waals surface area contributed by atoms with Crippen LogP contribution in [0, 0.1) is 5.41 Å². The Balaban J connectivity index is 4.06. The number of amides is 1. The summed E-state index contributed by atoms with van der Waals surface area (Å²) >= 11 is 0. The topological polar surface area (TPSA) is 127 Å². The predicted molar refractivity (Wildman–Crippen MR) is 61.6 cm³/mol. The Hall–Kier alpha value is -1.15. The number of carboxylic acids is 1. The third kappa shape index (κ3) is 9.76. The van der Waals surface area contributed by atoms with E-state index in [2.05, 4.69) is 5.32 Å². The fraction of sp³-hybridized carbons (Fsp3) is 0.778. The molecule has 100 valence electrons. The molecule has 0 aromatic rings. The first kappa shape index (κ1) is 15.9. The molecule has 0 heterocycles. The van der Waals surface area contributed by atoms with Gasteiger partial charge in [-0.2, -0.15) is 0 Å². The number of sulfonamides is 1. The highest BCUT2D eigenvalue weighted by Crippen LogP contribution is 2.24. The van der Waals surface area contributed by atoms with E-state index >= 15 is 0 Å². The number of hydrogen-bond acceptors (Lipinski definition) is 4. The highest BCUT2D eigenvalue weighted by molar-refractivity contribution is 7.89. The van der Waals surface area contributed by atoms with Crippen LogP contribution in [0.15, 0.2) is 0 Å². The van der Waals surface area contributed by atoms with Crippen molar-refractivity contribution < 1.29 is 23.1 Å². The van der Waals surface area contributed by atoms with Crippen molar-refractivity contribution >= 4 is 21.9 Å². The minimum absolute atomic E-state index is 0.0178. The van der Waals surface area contributed by atoms with Gasteiger partial charge in [0.15, 0.2) is 0 Å². The molecule has 0 saturated carbocycles. The van der Waals surface area contributed by atoms with Crippen LogP contribution in [0.5, 0.6) is 0 Å². The standard InChI is InChI=1S/C9H18N2O5S/c1-9(2,6-8(13)14)5-7(12)11-3-4-17(10,15)16/h3-6H2,1-2H3,(H,11,12)(H,13,14)(H2,10,15,16). The van der Waals surface area contributed by atoms with Gasteiger partial charge in [0.05, 0.1) is 12.2 Å². The summed E-state index contributed by atoms with van der Waals surface area (Å²) in [6.07, 6.45) is -0.112. The largest absolute Gasteiger partial charge is 0.481 e. The van der Waals surface area contributed by atoms with Gasteiger partial charge in [0.2, 0.25) is 15.9 Å². The van der Waals surface area contributed by atoms with E-state index in [9.17, 15) is 18.0 Å². The lowest BCUT2D eigenvalue weighted by molar-refractivity contribution is -0.139. The Morgan fingerprint density at radius 3 is 2.24 bits per heavy atom. The van der Waals surface area contributed by atoms with Gasteiger partial charge in [0, 0.05) is 13.0 Å². The highest BCUT2D eigenvalue weighted by Gasteiger charge is 2.25. The minimum Gasteiger partial charge on any atom is -0.481 e. The highest BCUT2D eigenvalue weighted by atomic mass is 32.2. The molecule has 0 saturated heterocycles. The molecule has 8 heteroatoms. The Morgan fingerprint density at radius 2 is 1.82 bits per heavy atom. The van der Waals surface area contributed by atoms with Gasteiger partial charge >= 0.3 is 5.97 Å². The van der Waals surface area contributed by atoms with Crippen LogP contribution in [0.2, 0.25) is 0 Å². The number of nitrogens with two attached hydrogens (primary N) is 1. The third-order valence-electron chi connectivity index (χ3n) is 1.98. The molecule has 0 rings (SSSR count). The van der Waals surface area contributed by atoms with Crippen LogP contribution in [0.1, 0.15) is 26.7 Å². The van der Waals surface area contributed by atoms with Crippen molar-refractivity contribution in [2.75, 3.05) is 12.3 Å². The molecule has 0 aliphatic rings. The lowest BCUT2D eigenvalue weighted by Crippen LogP contribution is -2.34. The van der Waals surface area contributed by atoms with Crippen molar-refractivity contribution in [2.24, 2.45) is 10.6 Å². The van der Waals surface area contributed by atoms with Gasteiger partial charge in [0.1, 0.15) is 0 Å². The number of hydrogen-bond donors (Lipinski definition) is 3. The van der Waals surface area contributed by atoms with Crippen LogP contribution >= 0.6 is 0 Å². The summed E-state index contributed by atoms with van der Waals surface area (Å²) in [5, 5.41) is 15.8. The van der Waals surface area contributed by atoms with Crippen molar-refractivity contribution in [2.45, 2.75) is 26.7 Å². The fourth-order valence-electron chi connectivity index (χ4n) is 1.30. The molecule has 0 aliphatic carbocycles. The molecule has 0 bridgehead atoms. The number of nitrogens with one attached hydrogen (secondary N) is 1. The molecule has 7 nitrogen and oxygen atoms in total. The fourth-order valence-corrected chi connectivity index (χ4v) is 1.69. The lowest BCUT2D eigenvalue weighted by atomic mass is 9.85. The Kier molecular flexibility index (Phi) is 5.56. The molecule has 4 N–H and O–H groups in total. The van der Waals surface area contributed by atoms with Gasteiger partial charge in [-0.05, 0) is 5.41 Å². The molecule has 0 aromatic heterocycles. The number of aliphatic carboxylic acids is 1. The van der Waals surface area contributed by atoms with E-state index in [4.69, 9.17) is 10.2 Å². The van der Waals surface area contributed by atoms with Crippen molar-refractivity contribution in [3.8, 4) is 0 Å². The molecule has 0 spiro atoms. The zero-order valence-electron chi connectivity index (χ0n) is 9.89. The summed E-state index contributed by atoms with van der Waals surface area (Å²) in [6.45, 7) is 3.24. The number of carbonyl (C=O) groups excluding carboxylic acids is 1. The molecule has 0 fully saturated rings. The maximum atomic E-state index is 11.4. The molecule has 0 unspecified atom stereocenters. The Labute approximate surface area is 100 Å². The normalized spacial score (nSPS) is 12.2. The monoisotopic (exact) mass is 266 g/mol. The zero-order chi connectivity index (χ0) is 13.7. The van der Waals surface area contributed by atoms with Crippen LogP contribution in [0.25, 0.3) is 0 Å². The van der Waals surface area contributed by atoms with Crippen molar-refractivity contribution in [1.29, 1.82) is 0 Å². The molecule has 17 heavy (non-hydrogen) atoms. The maximum absolute atomic E-state index is 11.4. The summed E-state index contributed by atoms with van der Waals surface area (Å²) in [4.78, 5) is 21.9. The maximum Gasteiger partial charge on any atom is 0.303 e. The predicted octanol–water partition coefficient (Wildman–Crippen LogP) is -0.718. The second-order valence-corrected chi connectivity index (χ2v) is 6.36. The SMILES string of the molecule is CC(C)(CC(=O)O)CC(=O)NCCS(N)(=O)=O. The number of primary sulfonamides is 1. The first-order chi connectivity index (χ1) is 7.52. The van der Waals surface area contributed by atoms with Crippen LogP contribution in [-0.4, -0.2) is 37.7 Å². The van der Waals surface area contributed by atoms with Gasteiger partial charge in [-0.1, -0.05) is 13.8 Å². The van der Waals surface area contributed by atoms with Crippen LogP contribution in [0.4, 0.5) is 0 Å². The van der Waals surface area contributed by atoms with E-state index < -0.39 is 21.4 Å². The van der Waals surface area contributed by atoms with E-state index in [1.165, 1.54) is 0 Å². The van der Waals surface area contributed by atoms with E-state index in [0.29, 0.717) is 0 Å². The number of rotatable bonds is 7. The summed E-state index contributed by atoms with van der Waals surface area (Å²) < 4.78 is 21.2. The Morgan fingerprint density at radius 1 is 1.29 bits per heavy atom. The molecular formula is C9H18N2O5S. The lowest BCUT2D eigenvalue weighted by Gasteiger charge is -2.21. The zero-order valence-corrected chi connectivity index (χ0v) is 10.7.